The third-order valence-corrected chi connectivity index (χ3v) is 4.49. The van der Waals surface area contributed by atoms with Gasteiger partial charge in [0.15, 0.2) is 0 Å². The number of ether oxygens (including phenoxy) is 1. The highest BCUT2D eigenvalue weighted by Crippen LogP contribution is 2.31. The Morgan fingerprint density at radius 1 is 1.14 bits per heavy atom. The van der Waals surface area contributed by atoms with Gasteiger partial charge in [0.1, 0.15) is 0 Å². The van der Waals surface area contributed by atoms with Crippen LogP contribution in [0.5, 0.6) is 0 Å². The van der Waals surface area contributed by atoms with Gasteiger partial charge < -0.3 is 10.1 Å². The second-order valence-corrected chi connectivity index (χ2v) is 7.25. The third-order valence-electron chi connectivity index (χ3n) is 4.49. The van der Waals surface area contributed by atoms with Gasteiger partial charge >= 0.3 is 0 Å². The van der Waals surface area contributed by atoms with Gasteiger partial charge in [-0.15, -0.1) is 0 Å². The molecule has 1 aromatic carbocycles. The minimum atomic E-state index is 0.226. The van der Waals surface area contributed by atoms with Gasteiger partial charge in [-0.1, -0.05) is 52.0 Å². The van der Waals surface area contributed by atoms with E-state index in [0.29, 0.717) is 12.0 Å². The molecule has 118 valence electrons. The molecule has 21 heavy (non-hydrogen) atoms. The zero-order chi connectivity index (χ0) is 15.3. The van der Waals surface area contributed by atoms with Crippen molar-refractivity contribution in [2.24, 2.45) is 5.92 Å². The Hall–Kier alpha value is -0.860. The molecule has 1 fully saturated rings. The van der Waals surface area contributed by atoms with Crippen LogP contribution in [0, 0.1) is 5.92 Å². The summed E-state index contributed by atoms with van der Waals surface area (Å²) in [7, 11) is 0. The minimum Gasteiger partial charge on any atom is -0.381 e. The van der Waals surface area contributed by atoms with Gasteiger partial charge in [0.2, 0.25) is 0 Å². The molecule has 2 heteroatoms. The van der Waals surface area contributed by atoms with Crippen molar-refractivity contribution in [3.8, 4) is 0 Å². The lowest BCUT2D eigenvalue weighted by Crippen LogP contribution is -2.32. The summed E-state index contributed by atoms with van der Waals surface area (Å²) in [5, 5.41) is 3.76. The highest BCUT2D eigenvalue weighted by Gasteiger charge is 2.25. The van der Waals surface area contributed by atoms with E-state index in [2.05, 4.69) is 57.3 Å². The summed E-state index contributed by atoms with van der Waals surface area (Å²) in [6.07, 6.45) is 3.52. The molecule has 1 unspecified atom stereocenters. The fourth-order valence-electron chi connectivity index (χ4n) is 3.10. The number of hydrogen-bond donors (Lipinski definition) is 1. The fraction of sp³-hybridized carbons (Fsp3) is 0.684. The topological polar surface area (TPSA) is 21.3 Å². The maximum atomic E-state index is 5.53. The molecule has 0 spiro atoms. The molecule has 1 aliphatic rings. The van der Waals surface area contributed by atoms with Crippen LogP contribution in [0.1, 0.15) is 64.1 Å². The first-order valence-corrected chi connectivity index (χ1v) is 8.44. The van der Waals surface area contributed by atoms with Gasteiger partial charge in [0.25, 0.3) is 0 Å². The van der Waals surface area contributed by atoms with E-state index >= 15 is 0 Å². The van der Waals surface area contributed by atoms with Crippen LogP contribution in [-0.4, -0.2) is 19.8 Å². The number of nitrogens with one attached hydrogen (secondary N) is 1. The zero-order valence-electron chi connectivity index (χ0n) is 14.1. The predicted molar refractivity (Wildman–Crippen MR) is 89.7 cm³/mol. The van der Waals surface area contributed by atoms with E-state index in [4.69, 9.17) is 4.74 Å². The Bertz CT molecular complexity index is 412. The van der Waals surface area contributed by atoms with Gasteiger partial charge in [-0.2, -0.15) is 0 Å². The standard InChI is InChI=1S/C19H31NO/c1-5-12-20-18(16-10-13-21-14-11-16)15-6-8-17(9-7-15)19(2,3)4/h6-9,16,18,20H,5,10-14H2,1-4H3. The molecule has 0 radical (unpaired) electrons. The monoisotopic (exact) mass is 289 g/mol. The molecule has 1 atom stereocenters. The molecule has 1 saturated heterocycles. The Labute approximate surface area is 130 Å². The van der Waals surface area contributed by atoms with Crippen molar-refractivity contribution in [1.82, 2.24) is 5.32 Å². The SMILES string of the molecule is CCCNC(c1ccc(C(C)(C)C)cc1)C1CCOCC1. The summed E-state index contributed by atoms with van der Waals surface area (Å²) in [6, 6.07) is 9.72. The van der Waals surface area contributed by atoms with Gasteiger partial charge in [0.05, 0.1) is 0 Å². The lowest BCUT2D eigenvalue weighted by atomic mass is 9.83. The first kappa shape index (κ1) is 16.5. The zero-order valence-corrected chi connectivity index (χ0v) is 14.1. The van der Waals surface area contributed by atoms with Crippen molar-refractivity contribution in [3.63, 3.8) is 0 Å². The predicted octanol–water partition coefficient (Wildman–Crippen LogP) is 4.45. The first-order chi connectivity index (χ1) is 10.0. The number of rotatable bonds is 5. The van der Waals surface area contributed by atoms with Crippen molar-refractivity contribution in [2.75, 3.05) is 19.8 Å². The maximum absolute atomic E-state index is 5.53. The Balaban J connectivity index is 2.15. The van der Waals surface area contributed by atoms with E-state index in [1.807, 2.05) is 0 Å². The normalized spacial score (nSPS) is 18.7. The van der Waals surface area contributed by atoms with Crippen LogP contribution in [0.3, 0.4) is 0 Å². The van der Waals surface area contributed by atoms with E-state index in [1.165, 1.54) is 30.4 Å². The van der Waals surface area contributed by atoms with Crippen molar-refractivity contribution in [2.45, 2.75) is 58.4 Å². The Kier molecular flexibility index (Phi) is 5.83. The molecular weight excluding hydrogens is 258 g/mol. The summed E-state index contributed by atoms with van der Waals surface area (Å²) in [4.78, 5) is 0. The van der Waals surface area contributed by atoms with E-state index < -0.39 is 0 Å². The lowest BCUT2D eigenvalue weighted by molar-refractivity contribution is 0.0536. The smallest absolute Gasteiger partial charge is 0.0469 e. The fourth-order valence-corrected chi connectivity index (χ4v) is 3.10. The van der Waals surface area contributed by atoms with Crippen molar-refractivity contribution < 1.29 is 4.74 Å². The third kappa shape index (κ3) is 4.55. The van der Waals surface area contributed by atoms with Crippen LogP contribution < -0.4 is 5.32 Å². The maximum Gasteiger partial charge on any atom is 0.0469 e. The second kappa shape index (κ2) is 7.42. The molecule has 0 aliphatic carbocycles. The molecular formula is C19H31NO. The highest BCUT2D eigenvalue weighted by atomic mass is 16.5. The summed E-state index contributed by atoms with van der Waals surface area (Å²) < 4.78 is 5.53. The molecule has 0 saturated carbocycles. The second-order valence-electron chi connectivity index (χ2n) is 7.25. The van der Waals surface area contributed by atoms with Crippen molar-refractivity contribution >= 4 is 0 Å². The first-order valence-electron chi connectivity index (χ1n) is 8.44. The average Bonchev–Trinajstić information content (AvgIpc) is 2.48. The van der Waals surface area contributed by atoms with Gasteiger partial charge in [-0.25, -0.2) is 0 Å². The quantitative estimate of drug-likeness (QED) is 0.864. The summed E-state index contributed by atoms with van der Waals surface area (Å²) in [5.41, 5.74) is 3.07. The van der Waals surface area contributed by atoms with Crippen LogP contribution in [0.15, 0.2) is 24.3 Å². The lowest BCUT2D eigenvalue weighted by Gasteiger charge is -2.32. The van der Waals surface area contributed by atoms with Crippen molar-refractivity contribution in [3.05, 3.63) is 35.4 Å². The summed E-state index contributed by atoms with van der Waals surface area (Å²) >= 11 is 0. The van der Waals surface area contributed by atoms with Crippen LogP contribution in [0.25, 0.3) is 0 Å². The van der Waals surface area contributed by atoms with Crippen molar-refractivity contribution in [1.29, 1.82) is 0 Å². The van der Waals surface area contributed by atoms with Crippen LogP contribution in [0.2, 0.25) is 0 Å². The Morgan fingerprint density at radius 3 is 2.29 bits per heavy atom. The largest absolute Gasteiger partial charge is 0.381 e. The van der Waals surface area contributed by atoms with E-state index in [-0.39, 0.29) is 5.41 Å². The Morgan fingerprint density at radius 2 is 1.76 bits per heavy atom. The summed E-state index contributed by atoms with van der Waals surface area (Å²) in [6.45, 7) is 12.0. The molecule has 1 aliphatic heterocycles. The number of hydrogen-bond acceptors (Lipinski definition) is 2. The molecule has 0 aromatic heterocycles. The summed E-state index contributed by atoms with van der Waals surface area (Å²) in [5.74, 6) is 0.700. The average molecular weight is 289 g/mol. The van der Waals surface area contributed by atoms with Gasteiger partial charge in [-0.05, 0) is 48.3 Å². The highest BCUT2D eigenvalue weighted by molar-refractivity contribution is 5.29. The molecule has 1 heterocycles. The molecule has 2 rings (SSSR count). The molecule has 1 N–H and O–H groups in total. The molecule has 2 nitrogen and oxygen atoms in total. The van der Waals surface area contributed by atoms with Gasteiger partial charge in [0, 0.05) is 19.3 Å². The van der Waals surface area contributed by atoms with E-state index in [0.717, 1.165) is 19.8 Å². The minimum absolute atomic E-state index is 0.226. The van der Waals surface area contributed by atoms with Crippen LogP contribution >= 0.6 is 0 Å². The number of benzene rings is 1. The van der Waals surface area contributed by atoms with Crippen LogP contribution in [0.4, 0.5) is 0 Å². The van der Waals surface area contributed by atoms with E-state index in [1.54, 1.807) is 0 Å². The van der Waals surface area contributed by atoms with E-state index in [9.17, 15) is 0 Å². The molecule has 0 bridgehead atoms. The molecule has 1 aromatic rings. The molecule has 0 amide bonds. The van der Waals surface area contributed by atoms with Crippen LogP contribution in [-0.2, 0) is 10.2 Å². The van der Waals surface area contributed by atoms with Gasteiger partial charge in [-0.3, -0.25) is 0 Å².